The van der Waals surface area contributed by atoms with Crippen LogP contribution >= 0.6 is 0 Å². The molecule has 98 valence electrons. The van der Waals surface area contributed by atoms with Gasteiger partial charge < -0.3 is 5.32 Å². The average Bonchev–Trinajstić information content (AvgIpc) is 2.43. The molecule has 3 unspecified atom stereocenters. The highest BCUT2D eigenvalue weighted by molar-refractivity contribution is 5.15. The average molecular weight is 244 g/mol. The van der Waals surface area contributed by atoms with Gasteiger partial charge in [-0.3, -0.25) is 4.90 Å². The Labute approximate surface area is 110 Å². The number of nitrogens with zero attached hydrogens (tertiary/aromatic N) is 1. The first-order valence-electron chi connectivity index (χ1n) is 7.36. The van der Waals surface area contributed by atoms with Crippen molar-refractivity contribution in [1.29, 1.82) is 0 Å². The number of hydrogen-bond acceptors (Lipinski definition) is 2. The summed E-state index contributed by atoms with van der Waals surface area (Å²) in [5, 5.41) is 3.74. The molecule has 0 spiro atoms. The van der Waals surface area contributed by atoms with Crippen LogP contribution < -0.4 is 5.32 Å². The molecule has 0 bridgehead atoms. The van der Waals surface area contributed by atoms with Crippen molar-refractivity contribution in [1.82, 2.24) is 10.2 Å². The van der Waals surface area contributed by atoms with Crippen LogP contribution in [0.2, 0.25) is 0 Å². The fourth-order valence-corrected chi connectivity index (χ4v) is 3.67. The minimum Gasteiger partial charge on any atom is -0.312 e. The lowest BCUT2D eigenvalue weighted by molar-refractivity contribution is 0.0580. The van der Waals surface area contributed by atoms with E-state index in [1.54, 1.807) is 0 Å². The number of hydrogen-bond donors (Lipinski definition) is 1. The van der Waals surface area contributed by atoms with E-state index in [4.69, 9.17) is 0 Å². The van der Waals surface area contributed by atoms with E-state index in [1.165, 1.54) is 37.9 Å². The van der Waals surface area contributed by atoms with Gasteiger partial charge in [0.2, 0.25) is 0 Å². The minimum atomic E-state index is 0.671. The third-order valence-corrected chi connectivity index (χ3v) is 4.75. The smallest absolute Gasteiger partial charge is 0.0249 e. The second kappa shape index (κ2) is 5.41. The SMILES string of the molecule is CC1C2NCCCC2CCN1Cc1ccccc1. The Balaban J connectivity index is 1.67. The van der Waals surface area contributed by atoms with Crippen LogP contribution in [-0.2, 0) is 6.54 Å². The number of rotatable bonds is 2. The van der Waals surface area contributed by atoms with Crippen LogP contribution in [0.25, 0.3) is 0 Å². The van der Waals surface area contributed by atoms with Gasteiger partial charge in [-0.2, -0.15) is 0 Å². The maximum absolute atomic E-state index is 3.74. The van der Waals surface area contributed by atoms with Crippen molar-refractivity contribution < 1.29 is 0 Å². The van der Waals surface area contributed by atoms with E-state index >= 15 is 0 Å². The van der Waals surface area contributed by atoms with Gasteiger partial charge in [0, 0.05) is 18.6 Å². The summed E-state index contributed by atoms with van der Waals surface area (Å²) in [6, 6.07) is 12.3. The first kappa shape index (κ1) is 12.2. The summed E-state index contributed by atoms with van der Waals surface area (Å²) in [6.45, 7) is 5.98. The van der Waals surface area contributed by atoms with Crippen molar-refractivity contribution in [2.24, 2.45) is 5.92 Å². The topological polar surface area (TPSA) is 15.3 Å². The van der Waals surface area contributed by atoms with Crippen LogP contribution in [0.3, 0.4) is 0 Å². The van der Waals surface area contributed by atoms with Crippen LogP contribution in [-0.4, -0.2) is 30.1 Å². The maximum Gasteiger partial charge on any atom is 0.0249 e. The molecule has 1 aromatic rings. The van der Waals surface area contributed by atoms with E-state index in [0.29, 0.717) is 6.04 Å². The standard InChI is InChI=1S/C16H24N2/c1-13-16-15(8-5-10-17-16)9-11-18(13)12-14-6-3-2-4-7-14/h2-4,6-7,13,15-17H,5,8-12H2,1H3. The molecule has 0 amide bonds. The molecule has 3 rings (SSSR count). The minimum absolute atomic E-state index is 0.671. The molecule has 2 heterocycles. The zero-order valence-corrected chi connectivity index (χ0v) is 11.3. The summed E-state index contributed by atoms with van der Waals surface area (Å²) in [6.07, 6.45) is 4.17. The molecule has 2 heteroatoms. The Kier molecular flexibility index (Phi) is 3.67. The van der Waals surface area contributed by atoms with Gasteiger partial charge in [-0.05, 0) is 50.8 Å². The largest absolute Gasteiger partial charge is 0.312 e. The van der Waals surface area contributed by atoms with Crippen molar-refractivity contribution in [3.05, 3.63) is 35.9 Å². The molecule has 18 heavy (non-hydrogen) atoms. The molecular weight excluding hydrogens is 220 g/mol. The highest BCUT2D eigenvalue weighted by Crippen LogP contribution is 2.30. The summed E-state index contributed by atoms with van der Waals surface area (Å²) in [5.74, 6) is 0.917. The summed E-state index contributed by atoms with van der Waals surface area (Å²) in [7, 11) is 0. The van der Waals surface area contributed by atoms with Crippen molar-refractivity contribution in [3.8, 4) is 0 Å². The Bertz CT molecular complexity index is 376. The lowest BCUT2D eigenvalue weighted by Crippen LogP contribution is -2.58. The van der Waals surface area contributed by atoms with Gasteiger partial charge in [-0.1, -0.05) is 30.3 Å². The number of benzene rings is 1. The number of nitrogens with one attached hydrogen (secondary N) is 1. The van der Waals surface area contributed by atoms with Crippen LogP contribution in [0, 0.1) is 5.92 Å². The molecule has 3 atom stereocenters. The summed E-state index contributed by atoms with van der Waals surface area (Å²) < 4.78 is 0. The van der Waals surface area contributed by atoms with Crippen molar-refractivity contribution >= 4 is 0 Å². The highest BCUT2D eigenvalue weighted by atomic mass is 15.2. The molecule has 2 saturated heterocycles. The molecule has 0 aliphatic carbocycles. The van der Waals surface area contributed by atoms with Crippen LogP contribution in [0.15, 0.2) is 30.3 Å². The zero-order chi connectivity index (χ0) is 12.4. The summed E-state index contributed by atoms with van der Waals surface area (Å²) >= 11 is 0. The molecule has 2 nitrogen and oxygen atoms in total. The van der Waals surface area contributed by atoms with Crippen molar-refractivity contribution in [2.45, 2.75) is 44.8 Å². The molecule has 0 radical (unpaired) electrons. The Morgan fingerprint density at radius 2 is 2.06 bits per heavy atom. The molecule has 1 N–H and O–H groups in total. The number of fused-ring (bicyclic) bond motifs is 1. The summed E-state index contributed by atoms with van der Waals surface area (Å²) in [4.78, 5) is 2.65. The van der Waals surface area contributed by atoms with E-state index in [1.807, 2.05) is 0 Å². The Morgan fingerprint density at radius 3 is 2.89 bits per heavy atom. The maximum atomic E-state index is 3.74. The van der Waals surface area contributed by atoms with E-state index in [0.717, 1.165) is 18.5 Å². The number of likely N-dealkylation sites (tertiary alicyclic amines) is 1. The molecule has 2 fully saturated rings. The number of piperidine rings is 2. The highest BCUT2D eigenvalue weighted by Gasteiger charge is 2.36. The van der Waals surface area contributed by atoms with Crippen molar-refractivity contribution in [3.63, 3.8) is 0 Å². The molecule has 1 aromatic carbocycles. The second-order valence-corrected chi connectivity index (χ2v) is 5.87. The van der Waals surface area contributed by atoms with Gasteiger partial charge in [0.25, 0.3) is 0 Å². The van der Waals surface area contributed by atoms with Crippen molar-refractivity contribution in [2.75, 3.05) is 13.1 Å². The van der Waals surface area contributed by atoms with Gasteiger partial charge in [-0.15, -0.1) is 0 Å². The lowest BCUT2D eigenvalue weighted by Gasteiger charge is -2.47. The third kappa shape index (κ3) is 2.45. The quantitative estimate of drug-likeness (QED) is 0.860. The van der Waals surface area contributed by atoms with E-state index < -0.39 is 0 Å². The third-order valence-electron chi connectivity index (χ3n) is 4.75. The molecule has 0 aromatic heterocycles. The predicted molar refractivity (Wildman–Crippen MR) is 75.4 cm³/mol. The summed E-state index contributed by atoms with van der Waals surface area (Å²) in [5.41, 5.74) is 1.44. The fraction of sp³-hybridized carbons (Fsp3) is 0.625. The molecule has 2 aliphatic heterocycles. The van der Waals surface area contributed by atoms with Gasteiger partial charge >= 0.3 is 0 Å². The first-order chi connectivity index (χ1) is 8.84. The van der Waals surface area contributed by atoms with Crippen LogP contribution in [0.5, 0.6) is 0 Å². The van der Waals surface area contributed by atoms with E-state index in [2.05, 4.69) is 47.5 Å². The Morgan fingerprint density at radius 1 is 1.22 bits per heavy atom. The molecular formula is C16H24N2. The second-order valence-electron chi connectivity index (χ2n) is 5.87. The van der Waals surface area contributed by atoms with Crippen LogP contribution in [0.1, 0.15) is 31.7 Å². The van der Waals surface area contributed by atoms with Crippen LogP contribution in [0.4, 0.5) is 0 Å². The molecule has 2 aliphatic rings. The van der Waals surface area contributed by atoms with E-state index in [-0.39, 0.29) is 0 Å². The monoisotopic (exact) mass is 244 g/mol. The first-order valence-corrected chi connectivity index (χ1v) is 7.36. The normalized spacial score (nSPS) is 33.1. The van der Waals surface area contributed by atoms with Gasteiger partial charge in [0.05, 0.1) is 0 Å². The van der Waals surface area contributed by atoms with Gasteiger partial charge in [-0.25, -0.2) is 0 Å². The Hall–Kier alpha value is -0.860. The fourth-order valence-electron chi connectivity index (χ4n) is 3.67. The van der Waals surface area contributed by atoms with Gasteiger partial charge in [0.1, 0.15) is 0 Å². The van der Waals surface area contributed by atoms with Gasteiger partial charge in [0.15, 0.2) is 0 Å². The van der Waals surface area contributed by atoms with E-state index in [9.17, 15) is 0 Å². The zero-order valence-electron chi connectivity index (χ0n) is 11.3. The predicted octanol–water partition coefficient (Wildman–Crippen LogP) is 2.65. The molecule has 0 saturated carbocycles. The lowest BCUT2D eigenvalue weighted by atomic mass is 9.80.